The Kier molecular flexibility index (Phi) is 6.10. The van der Waals surface area contributed by atoms with E-state index in [-0.39, 0.29) is 5.91 Å². The van der Waals surface area contributed by atoms with Crippen LogP contribution in [0.4, 0.5) is 5.69 Å². The average Bonchev–Trinajstić information content (AvgIpc) is 2.70. The molecule has 0 bridgehead atoms. The molecule has 0 fully saturated rings. The normalized spacial score (nSPS) is 10.3. The molecule has 4 nitrogen and oxygen atoms in total. The zero-order valence-electron chi connectivity index (χ0n) is 15.6. The van der Waals surface area contributed by atoms with Gasteiger partial charge in [-0.3, -0.25) is 4.79 Å². The van der Waals surface area contributed by atoms with Gasteiger partial charge in [0.25, 0.3) is 5.91 Å². The molecule has 0 atom stereocenters. The topological polar surface area (TPSA) is 47.6 Å². The molecule has 0 unspecified atom stereocenters. The first-order chi connectivity index (χ1) is 13.2. The first kappa shape index (κ1) is 18.5. The highest BCUT2D eigenvalue weighted by molar-refractivity contribution is 6.04. The molecule has 0 aliphatic carbocycles. The van der Waals surface area contributed by atoms with Crippen molar-refractivity contribution < 1.29 is 14.3 Å². The van der Waals surface area contributed by atoms with Crippen LogP contribution in [0, 0.1) is 6.92 Å². The van der Waals surface area contributed by atoms with E-state index < -0.39 is 0 Å². The Morgan fingerprint density at radius 1 is 0.926 bits per heavy atom. The van der Waals surface area contributed by atoms with Crippen molar-refractivity contribution in [2.75, 3.05) is 11.9 Å². The minimum Gasteiger partial charge on any atom is -0.494 e. The maximum Gasteiger partial charge on any atom is 0.255 e. The number of ether oxygens (including phenoxy) is 2. The maximum absolute atomic E-state index is 12.4. The van der Waals surface area contributed by atoms with Crippen molar-refractivity contribution in [2.45, 2.75) is 20.5 Å². The maximum atomic E-state index is 12.4. The Hall–Kier alpha value is -3.27. The first-order valence-corrected chi connectivity index (χ1v) is 8.97. The number of hydrogen-bond donors (Lipinski definition) is 1. The van der Waals surface area contributed by atoms with Gasteiger partial charge >= 0.3 is 0 Å². The molecule has 27 heavy (non-hydrogen) atoms. The third-order valence-corrected chi connectivity index (χ3v) is 4.10. The van der Waals surface area contributed by atoms with Gasteiger partial charge in [0.05, 0.1) is 6.61 Å². The smallest absolute Gasteiger partial charge is 0.255 e. The lowest BCUT2D eigenvalue weighted by Crippen LogP contribution is -2.12. The minimum atomic E-state index is -0.154. The number of carbonyl (C=O) groups is 1. The molecule has 0 radical (unpaired) electrons. The summed E-state index contributed by atoms with van der Waals surface area (Å²) in [6, 6.07) is 22.8. The van der Waals surface area contributed by atoms with E-state index in [1.54, 1.807) is 6.07 Å². The summed E-state index contributed by atoms with van der Waals surface area (Å²) in [6.45, 7) is 4.98. The molecular weight excluding hydrogens is 338 g/mol. The van der Waals surface area contributed by atoms with Crippen molar-refractivity contribution in [1.29, 1.82) is 0 Å². The summed E-state index contributed by atoms with van der Waals surface area (Å²) < 4.78 is 11.3. The number of anilines is 1. The Morgan fingerprint density at radius 2 is 1.67 bits per heavy atom. The van der Waals surface area contributed by atoms with E-state index in [1.807, 2.05) is 80.6 Å². The minimum absolute atomic E-state index is 0.154. The Bertz CT molecular complexity index is 889. The fraction of sp³-hybridized carbons (Fsp3) is 0.174. The third-order valence-electron chi connectivity index (χ3n) is 4.10. The van der Waals surface area contributed by atoms with Gasteiger partial charge in [-0.2, -0.15) is 0 Å². The van der Waals surface area contributed by atoms with Gasteiger partial charge in [-0.15, -0.1) is 0 Å². The molecule has 0 heterocycles. The van der Waals surface area contributed by atoms with E-state index in [4.69, 9.17) is 9.47 Å². The molecule has 138 valence electrons. The predicted molar refractivity (Wildman–Crippen MR) is 108 cm³/mol. The van der Waals surface area contributed by atoms with E-state index in [0.29, 0.717) is 18.8 Å². The summed E-state index contributed by atoms with van der Waals surface area (Å²) in [7, 11) is 0. The van der Waals surface area contributed by atoms with Gasteiger partial charge < -0.3 is 14.8 Å². The molecule has 0 aromatic heterocycles. The van der Waals surface area contributed by atoms with Crippen molar-refractivity contribution in [3.63, 3.8) is 0 Å². The van der Waals surface area contributed by atoms with Gasteiger partial charge in [-0.1, -0.05) is 30.3 Å². The quantitative estimate of drug-likeness (QED) is 0.627. The van der Waals surface area contributed by atoms with Crippen LogP contribution in [0.3, 0.4) is 0 Å². The summed E-state index contributed by atoms with van der Waals surface area (Å²) in [5.41, 5.74) is 3.37. The van der Waals surface area contributed by atoms with Crippen molar-refractivity contribution >= 4 is 11.6 Å². The van der Waals surface area contributed by atoms with Crippen molar-refractivity contribution in [2.24, 2.45) is 0 Å². The molecule has 0 saturated carbocycles. The monoisotopic (exact) mass is 361 g/mol. The third kappa shape index (κ3) is 5.11. The second-order valence-electron chi connectivity index (χ2n) is 6.17. The SMILES string of the molecule is CCOc1ccc(C(=O)Nc2ccc(OCc3ccccc3)cc2)cc1C. The van der Waals surface area contributed by atoms with E-state index >= 15 is 0 Å². The summed E-state index contributed by atoms with van der Waals surface area (Å²) in [6.07, 6.45) is 0. The highest BCUT2D eigenvalue weighted by Gasteiger charge is 2.09. The number of carbonyl (C=O) groups excluding carboxylic acids is 1. The van der Waals surface area contributed by atoms with Crippen molar-refractivity contribution in [3.8, 4) is 11.5 Å². The van der Waals surface area contributed by atoms with E-state index in [1.165, 1.54) is 0 Å². The summed E-state index contributed by atoms with van der Waals surface area (Å²) >= 11 is 0. The van der Waals surface area contributed by atoms with Crippen molar-refractivity contribution in [3.05, 3.63) is 89.5 Å². The van der Waals surface area contributed by atoms with Crippen LogP contribution in [-0.4, -0.2) is 12.5 Å². The number of hydrogen-bond acceptors (Lipinski definition) is 3. The van der Waals surface area contributed by atoms with Crippen LogP contribution < -0.4 is 14.8 Å². The Labute approximate surface area is 159 Å². The molecule has 3 aromatic carbocycles. The van der Waals surface area contributed by atoms with Crippen LogP contribution in [0.15, 0.2) is 72.8 Å². The first-order valence-electron chi connectivity index (χ1n) is 8.97. The van der Waals surface area contributed by atoms with Gasteiger partial charge in [-0.25, -0.2) is 0 Å². The zero-order valence-corrected chi connectivity index (χ0v) is 15.6. The number of nitrogens with one attached hydrogen (secondary N) is 1. The number of amides is 1. The van der Waals surface area contributed by atoms with Crippen LogP contribution >= 0.6 is 0 Å². The number of aryl methyl sites for hydroxylation is 1. The van der Waals surface area contributed by atoms with Crippen LogP contribution in [-0.2, 0) is 6.61 Å². The van der Waals surface area contributed by atoms with Gasteiger partial charge in [0.1, 0.15) is 18.1 Å². The lowest BCUT2D eigenvalue weighted by molar-refractivity contribution is 0.102. The standard InChI is InChI=1S/C23H23NO3/c1-3-26-22-14-9-19(15-17(22)2)23(25)24-20-10-12-21(13-11-20)27-16-18-7-5-4-6-8-18/h4-15H,3,16H2,1-2H3,(H,24,25). The molecule has 0 saturated heterocycles. The predicted octanol–water partition coefficient (Wildman–Crippen LogP) is 5.23. The molecule has 4 heteroatoms. The van der Waals surface area contributed by atoms with E-state index in [2.05, 4.69) is 5.32 Å². The van der Waals surface area contributed by atoms with E-state index in [9.17, 15) is 4.79 Å². The Balaban J connectivity index is 1.59. The second-order valence-corrected chi connectivity index (χ2v) is 6.17. The molecular formula is C23H23NO3. The van der Waals surface area contributed by atoms with Gasteiger partial charge in [0.2, 0.25) is 0 Å². The summed E-state index contributed by atoms with van der Waals surface area (Å²) in [5, 5.41) is 2.90. The van der Waals surface area contributed by atoms with Crippen LogP contribution in [0.2, 0.25) is 0 Å². The lowest BCUT2D eigenvalue weighted by Gasteiger charge is -2.10. The molecule has 0 aliphatic heterocycles. The largest absolute Gasteiger partial charge is 0.494 e. The van der Waals surface area contributed by atoms with Crippen LogP contribution in [0.1, 0.15) is 28.4 Å². The lowest BCUT2D eigenvalue weighted by atomic mass is 10.1. The van der Waals surface area contributed by atoms with Gasteiger partial charge in [-0.05, 0) is 67.4 Å². The fourth-order valence-electron chi connectivity index (χ4n) is 2.69. The molecule has 1 amide bonds. The molecule has 0 spiro atoms. The number of rotatable bonds is 7. The summed E-state index contributed by atoms with van der Waals surface area (Å²) in [4.78, 5) is 12.4. The molecule has 3 aromatic rings. The Morgan fingerprint density at radius 3 is 2.33 bits per heavy atom. The van der Waals surface area contributed by atoms with Gasteiger partial charge in [0, 0.05) is 11.3 Å². The van der Waals surface area contributed by atoms with E-state index in [0.717, 1.165) is 28.3 Å². The number of benzene rings is 3. The van der Waals surface area contributed by atoms with Gasteiger partial charge in [0.15, 0.2) is 0 Å². The molecule has 1 N–H and O–H groups in total. The fourth-order valence-corrected chi connectivity index (χ4v) is 2.69. The van der Waals surface area contributed by atoms with Crippen molar-refractivity contribution in [1.82, 2.24) is 0 Å². The molecule has 3 rings (SSSR count). The summed E-state index contributed by atoms with van der Waals surface area (Å²) in [5.74, 6) is 1.40. The average molecular weight is 361 g/mol. The highest BCUT2D eigenvalue weighted by atomic mass is 16.5. The van der Waals surface area contributed by atoms with Crippen LogP contribution in [0.5, 0.6) is 11.5 Å². The van der Waals surface area contributed by atoms with Crippen LogP contribution in [0.25, 0.3) is 0 Å². The highest BCUT2D eigenvalue weighted by Crippen LogP contribution is 2.21. The second kappa shape index (κ2) is 8.90. The zero-order chi connectivity index (χ0) is 19.1. The molecule has 0 aliphatic rings.